The van der Waals surface area contributed by atoms with E-state index < -0.39 is 0 Å². The van der Waals surface area contributed by atoms with Crippen LogP contribution >= 0.6 is 22.9 Å². The van der Waals surface area contributed by atoms with Crippen LogP contribution in [0.15, 0.2) is 6.33 Å². The molecular formula is C12H11ClN4S. The molecule has 0 N–H and O–H groups in total. The van der Waals surface area contributed by atoms with Gasteiger partial charge in [0.25, 0.3) is 0 Å². The van der Waals surface area contributed by atoms with E-state index in [0.29, 0.717) is 5.28 Å². The number of thiophene rings is 1. The van der Waals surface area contributed by atoms with Crippen LogP contribution in [0.4, 0.5) is 0 Å². The molecule has 1 atom stereocenters. The van der Waals surface area contributed by atoms with E-state index in [1.807, 2.05) is 0 Å². The summed E-state index contributed by atoms with van der Waals surface area (Å²) in [6, 6.07) is 0. The molecule has 3 aromatic heterocycles. The molecule has 6 heteroatoms. The van der Waals surface area contributed by atoms with Crippen molar-refractivity contribution in [1.29, 1.82) is 0 Å². The predicted octanol–water partition coefficient (Wildman–Crippen LogP) is 3.12. The number of aromatic nitrogens is 4. The highest BCUT2D eigenvalue weighted by molar-refractivity contribution is 7.19. The third-order valence-electron chi connectivity index (χ3n) is 3.63. The molecule has 0 amide bonds. The molecule has 0 spiro atoms. The largest absolute Gasteiger partial charge is 0.227 e. The molecule has 0 unspecified atom stereocenters. The second-order valence-corrected chi connectivity index (χ2v) is 6.33. The van der Waals surface area contributed by atoms with Crippen molar-refractivity contribution in [2.24, 2.45) is 5.92 Å². The highest BCUT2D eigenvalue weighted by Crippen LogP contribution is 2.39. The first-order valence-electron chi connectivity index (χ1n) is 6.03. The molecule has 0 bridgehead atoms. The minimum Gasteiger partial charge on any atom is -0.214 e. The summed E-state index contributed by atoms with van der Waals surface area (Å²) in [5, 5.41) is 5.67. The summed E-state index contributed by atoms with van der Waals surface area (Å²) in [7, 11) is 0. The van der Waals surface area contributed by atoms with E-state index in [0.717, 1.165) is 34.6 Å². The van der Waals surface area contributed by atoms with Gasteiger partial charge in [-0.05, 0) is 42.3 Å². The highest BCUT2D eigenvalue weighted by Gasteiger charge is 2.23. The first-order chi connectivity index (χ1) is 8.74. The first kappa shape index (κ1) is 10.7. The van der Waals surface area contributed by atoms with Crippen molar-refractivity contribution >= 4 is 38.8 Å². The maximum Gasteiger partial charge on any atom is 0.227 e. The van der Waals surface area contributed by atoms with Crippen molar-refractivity contribution in [3.05, 3.63) is 22.1 Å². The van der Waals surface area contributed by atoms with Gasteiger partial charge in [-0.2, -0.15) is 9.61 Å². The highest BCUT2D eigenvalue weighted by atomic mass is 35.5. The predicted molar refractivity (Wildman–Crippen MR) is 72.4 cm³/mol. The van der Waals surface area contributed by atoms with Crippen LogP contribution in [-0.4, -0.2) is 19.6 Å². The van der Waals surface area contributed by atoms with Gasteiger partial charge < -0.3 is 0 Å². The number of nitrogens with zero attached hydrogens (tertiary/aromatic N) is 4. The summed E-state index contributed by atoms with van der Waals surface area (Å²) in [6.07, 6.45) is 5.04. The second-order valence-electron chi connectivity index (χ2n) is 4.91. The molecule has 0 aliphatic heterocycles. The average molecular weight is 279 g/mol. The van der Waals surface area contributed by atoms with E-state index >= 15 is 0 Å². The maximum absolute atomic E-state index is 6.13. The minimum atomic E-state index is 0.390. The Balaban J connectivity index is 2.14. The molecule has 18 heavy (non-hydrogen) atoms. The number of hydrogen-bond acceptors (Lipinski definition) is 4. The molecule has 0 saturated heterocycles. The van der Waals surface area contributed by atoms with Crippen LogP contribution in [0.5, 0.6) is 0 Å². The molecule has 4 rings (SSSR count). The van der Waals surface area contributed by atoms with Gasteiger partial charge in [-0.15, -0.1) is 11.3 Å². The van der Waals surface area contributed by atoms with Crippen LogP contribution < -0.4 is 0 Å². The SMILES string of the molecule is C[C@@H]1CCc2c(sc3nc(Cl)n4ncnc4c23)C1. The number of hydrogen-bond donors (Lipinski definition) is 0. The summed E-state index contributed by atoms with van der Waals surface area (Å²) in [6.45, 7) is 2.31. The molecule has 4 nitrogen and oxygen atoms in total. The fourth-order valence-electron chi connectivity index (χ4n) is 2.72. The Kier molecular flexibility index (Phi) is 2.17. The zero-order chi connectivity index (χ0) is 12.3. The van der Waals surface area contributed by atoms with Crippen LogP contribution in [0.3, 0.4) is 0 Å². The van der Waals surface area contributed by atoms with Crippen molar-refractivity contribution in [3.63, 3.8) is 0 Å². The van der Waals surface area contributed by atoms with E-state index in [2.05, 4.69) is 22.0 Å². The third-order valence-corrected chi connectivity index (χ3v) is 5.03. The Morgan fingerprint density at radius 1 is 1.50 bits per heavy atom. The Morgan fingerprint density at radius 2 is 2.39 bits per heavy atom. The van der Waals surface area contributed by atoms with Gasteiger partial charge in [-0.3, -0.25) is 0 Å². The number of halogens is 1. The molecule has 3 aromatic rings. The maximum atomic E-state index is 6.13. The summed E-state index contributed by atoms with van der Waals surface area (Å²) in [5.74, 6) is 0.759. The van der Waals surface area contributed by atoms with Gasteiger partial charge in [-0.1, -0.05) is 6.92 Å². The van der Waals surface area contributed by atoms with Gasteiger partial charge in [0.05, 0.1) is 5.39 Å². The van der Waals surface area contributed by atoms with E-state index in [9.17, 15) is 0 Å². The van der Waals surface area contributed by atoms with Crippen LogP contribution in [0.25, 0.3) is 15.9 Å². The average Bonchev–Trinajstić information content (AvgIpc) is 2.91. The summed E-state index contributed by atoms with van der Waals surface area (Å²) in [4.78, 5) is 11.2. The van der Waals surface area contributed by atoms with Gasteiger partial charge in [0.2, 0.25) is 5.28 Å². The van der Waals surface area contributed by atoms with E-state index in [1.165, 1.54) is 23.2 Å². The molecule has 0 saturated carbocycles. The standard InChI is InChI=1S/C12H11ClN4S/c1-6-2-3-7-8(4-6)18-11-9(7)10-14-5-15-17(10)12(13)16-11/h5-6H,2-4H2,1H3/t6-/m1/s1. The molecule has 0 fully saturated rings. The zero-order valence-corrected chi connectivity index (χ0v) is 11.4. The first-order valence-corrected chi connectivity index (χ1v) is 7.23. The van der Waals surface area contributed by atoms with E-state index in [-0.39, 0.29) is 0 Å². The lowest BCUT2D eigenvalue weighted by Gasteiger charge is -2.17. The normalized spacial score (nSPS) is 19.6. The van der Waals surface area contributed by atoms with Gasteiger partial charge in [-0.25, -0.2) is 9.97 Å². The number of rotatable bonds is 0. The molecule has 0 aromatic carbocycles. The van der Waals surface area contributed by atoms with Gasteiger partial charge in [0.1, 0.15) is 11.2 Å². The quantitative estimate of drug-likeness (QED) is 0.594. The molecule has 0 radical (unpaired) electrons. The fourth-order valence-corrected chi connectivity index (χ4v) is 4.36. The van der Waals surface area contributed by atoms with Crippen LogP contribution in [0.1, 0.15) is 23.8 Å². The molecule has 1 aliphatic rings. The Hall–Kier alpha value is -1.20. The summed E-state index contributed by atoms with van der Waals surface area (Å²) >= 11 is 7.88. The van der Waals surface area contributed by atoms with Crippen LogP contribution in [0.2, 0.25) is 5.28 Å². The van der Waals surface area contributed by atoms with Crippen molar-refractivity contribution in [2.45, 2.75) is 26.2 Å². The van der Waals surface area contributed by atoms with Gasteiger partial charge in [0, 0.05) is 4.88 Å². The number of fused-ring (bicyclic) bond motifs is 5. The Morgan fingerprint density at radius 3 is 3.28 bits per heavy atom. The Labute approximate surface area is 113 Å². The summed E-state index contributed by atoms with van der Waals surface area (Å²) < 4.78 is 1.62. The van der Waals surface area contributed by atoms with Crippen molar-refractivity contribution in [3.8, 4) is 0 Å². The number of aryl methyl sites for hydroxylation is 1. The van der Waals surface area contributed by atoms with Gasteiger partial charge >= 0.3 is 0 Å². The molecule has 1 aliphatic carbocycles. The lowest BCUT2D eigenvalue weighted by Crippen LogP contribution is -2.08. The van der Waals surface area contributed by atoms with E-state index in [1.54, 1.807) is 15.9 Å². The minimum absolute atomic E-state index is 0.390. The second kappa shape index (κ2) is 3.65. The fraction of sp³-hybridized carbons (Fsp3) is 0.417. The molecule has 3 heterocycles. The summed E-state index contributed by atoms with van der Waals surface area (Å²) in [5.41, 5.74) is 2.26. The molecular weight excluding hydrogens is 268 g/mol. The van der Waals surface area contributed by atoms with E-state index in [4.69, 9.17) is 11.6 Å². The van der Waals surface area contributed by atoms with Crippen molar-refractivity contribution < 1.29 is 0 Å². The Bertz CT molecular complexity index is 760. The lowest BCUT2D eigenvalue weighted by molar-refractivity contribution is 0.509. The van der Waals surface area contributed by atoms with Crippen molar-refractivity contribution in [2.75, 3.05) is 0 Å². The monoisotopic (exact) mass is 278 g/mol. The van der Waals surface area contributed by atoms with Gasteiger partial charge in [0.15, 0.2) is 5.65 Å². The smallest absolute Gasteiger partial charge is 0.214 e. The molecule has 92 valence electrons. The topological polar surface area (TPSA) is 43.1 Å². The van der Waals surface area contributed by atoms with Crippen molar-refractivity contribution in [1.82, 2.24) is 19.6 Å². The zero-order valence-electron chi connectivity index (χ0n) is 9.85. The lowest BCUT2D eigenvalue weighted by atomic mass is 9.89. The van der Waals surface area contributed by atoms with Crippen LogP contribution in [0, 0.1) is 5.92 Å². The third kappa shape index (κ3) is 1.34. The van der Waals surface area contributed by atoms with Crippen LogP contribution in [-0.2, 0) is 12.8 Å².